The molecule has 0 heterocycles. The van der Waals surface area contributed by atoms with Gasteiger partial charge in [0.2, 0.25) is 0 Å². The van der Waals surface area contributed by atoms with Gasteiger partial charge in [-0.05, 0) is 25.0 Å². The number of carbonyl (C=O) groups is 2. The molecule has 0 spiro atoms. The summed E-state index contributed by atoms with van der Waals surface area (Å²) in [5, 5.41) is 12.1. The van der Waals surface area contributed by atoms with Crippen LogP contribution in [0, 0.1) is 17.2 Å². The van der Waals surface area contributed by atoms with E-state index in [0.29, 0.717) is 24.8 Å². The first-order valence-electron chi connectivity index (χ1n) is 6.61. The molecule has 6 heteroatoms. The van der Waals surface area contributed by atoms with Crippen molar-refractivity contribution in [2.24, 2.45) is 5.92 Å². The zero-order valence-electron chi connectivity index (χ0n) is 11.2. The maximum absolute atomic E-state index is 12.3. The van der Waals surface area contributed by atoms with Gasteiger partial charge in [0.25, 0.3) is 5.91 Å². The molecule has 1 N–H and O–H groups in total. The highest BCUT2D eigenvalue weighted by Gasteiger charge is 2.51. The fourth-order valence-electron chi connectivity index (χ4n) is 2.60. The average molecular weight is 325 g/mol. The summed E-state index contributed by atoms with van der Waals surface area (Å²) in [6.45, 7) is 0. The van der Waals surface area contributed by atoms with Crippen molar-refractivity contribution in [1.29, 1.82) is 5.26 Å². The third kappa shape index (κ3) is 3.04. The van der Waals surface area contributed by atoms with Crippen molar-refractivity contribution in [2.45, 2.75) is 29.6 Å². The first-order valence-corrected chi connectivity index (χ1v) is 7.48. The number of ketones is 1. The highest BCUT2D eigenvalue weighted by atomic mass is 35.5. The van der Waals surface area contributed by atoms with E-state index in [-0.39, 0.29) is 5.78 Å². The van der Waals surface area contributed by atoms with Crippen LogP contribution in [0.3, 0.4) is 0 Å². The molecule has 1 aliphatic carbocycles. The molecular formula is C15H14Cl2N2O2. The van der Waals surface area contributed by atoms with E-state index in [4.69, 9.17) is 23.2 Å². The number of rotatable bonds is 4. The van der Waals surface area contributed by atoms with Crippen molar-refractivity contribution in [3.63, 3.8) is 0 Å². The normalized spacial score (nSPS) is 20.9. The minimum Gasteiger partial charge on any atom is -0.331 e. The second kappa shape index (κ2) is 6.46. The molecule has 1 fully saturated rings. The molecule has 0 saturated heterocycles. The summed E-state index contributed by atoms with van der Waals surface area (Å²) < 4.78 is 0. The van der Waals surface area contributed by atoms with Gasteiger partial charge in [-0.15, -0.1) is 23.2 Å². The lowest BCUT2D eigenvalue weighted by molar-refractivity contribution is -0.122. The number of nitriles is 1. The Morgan fingerprint density at radius 1 is 1.38 bits per heavy atom. The van der Waals surface area contributed by atoms with Gasteiger partial charge in [-0.3, -0.25) is 9.59 Å². The molecule has 21 heavy (non-hydrogen) atoms. The van der Waals surface area contributed by atoms with E-state index < -0.39 is 22.2 Å². The van der Waals surface area contributed by atoms with E-state index in [1.807, 2.05) is 6.07 Å². The monoisotopic (exact) mass is 324 g/mol. The van der Waals surface area contributed by atoms with Gasteiger partial charge in [-0.1, -0.05) is 18.2 Å². The van der Waals surface area contributed by atoms with Crippen LogP contribution >= 0.6 is 23.2 Å². The van der Waals surface area contributed by atoms with E-state index in [2.05, 4.69) is 5.32 Å². The fraction of sp³-hybridized carbons (Fsp3) is 0.400. The SMILES string of the molecule is N#CC(NC(=O)c1ccccc1)(C(Cl)Cl)C1CCCC1=O. The molecule has 1 aliphatic rings. The van der Waals surface area contributed by atoms with Crippen LogP contribution < -0.4 is 5.32 Å². The molecule has 0 bridgehead atoms. The Balaban J connectivity index is 2.31. The van der Waals surface area contributed by atoms with E-state index >= 15 is 0 Å². The number of benzene rings is 1. The van der Waals surface area contributed by atoms with E-state index in [0.717, 1.165) is 0 Å². The Kier molecular flexibility index (Phi) is 4.87. The first-order chi connectivity index (χ1) is 10.0. The van der Waals surface area contributed by atoms with Gasteiger partial charge in [-0.25, -0.2) is 0 Å². The lowest BCUT2D eigenvalue weighted by atomic mass is 9.84. The lowest BCUT2D eigenvalue weighted by Crippen LogP contribution is -2.58. The molecule has 110 valence electrons. The Morgan fingerprint density at radius 2 is 2.05 bits per heavy atom. The third-order valence-electron chi connectivity index (χ3n) is 3.74. The van der Waals surface area contributed by atoms with Gasteiger partial charge >= 0.3 is 0 Å². The van der Waals surface area contributed by atoms with Gasteiger partial charge in [0.1, 0.15) is 10.6 Å². The number of hydrogen-bond acceptors (Lipinski definition) is 3. The van der Waals surface area contributed by atoms with Crippen molar-refractivity contribution in [3.8, 4) is 6.07 Å². The van der Waals surface area contributed by atoms with Crippen LogP contribution in [-0.2, 0) is 4.79 Å². The lowest BCUT2D eigenvalue weighted by Gasteiger charge is -2.33. The van der Waals surface area contributed by atoms with Crippen molar-refractivity contribution >= 4 is 34.9 Å². The summed E-state index contributed by atoms with van der Waals surface area (Å²) in [6, 6.07) is 10.4. The third-order valence-corrected chi connectivity index (χ3v) is 4.43. The van der Waals surface area contributed by atoms with Gasteiger partial charge in [0.15, 0.2) is 5.54 Å². The Morgan fingerprint density at radius 3 is 2.52 bits per heavy atom. The van der Waals surface area contributed by atoms with Gasteiger partial charge in [0, 0.05) is 12.0 Å². The van der Waals surface area contributed by atoms with E-state index in [1.54, 1.807) is 30.3 Å². The van der Waals surface area contributed by atoms with E-state index in [9.17, 15) is 14.9 Å². The number of nitrogens with zero attached hydrogens (tertiary/aromatic N) is 1. The molecule has 0 aromatic heterocycles. The molecule has 1 saturated carbocycles. The first kappa shape index (κ1) is 15.8. The second-order valence-corrected chi connectivity index (χ2v) is 6.11. The van der Waals surface area contributed by atoms with Gasteiger partial charge in [0.05, 0.1) is 12.0 Å². The van der Waals surface area contributed by atoms with E-state index in [1.165, 1.54) is 0 Å². The largest absolute Gasteiger partial charge is 0.331 e. The molecule has 2 rings (SSSR count). The number of nitrogens with one attached hydrogen (secondary N) is 1. The molecule has 0 aliphatic heterocycles. The number of carbonyl (C=O) groups excluding carboxylic acids is 2. The quantitative estimate of drug-likeness (QED) is 0.866. The molecule has 2 atom stereocenters. The summed E-state index contributed by atoms with van der Waals surface area (Å²) in [7, 11) is 0. The van der Waals surface area contributed by atoms with Crippen LogP contribution in [0.4, 0.5) is 0 Å². The van der Waals surface area contributed by atoms with Gasteiger partial charge in [-0.2, -0.15) is 5.26 Å². The van der Waals surface area contributed by atoms with Crippen molar-refractivity contribution in [2.75, 3.05) is 0 Å². The molecule has 0 radical (unpaired) electrons. The topological polar surface area (TPSA) is 70.0 Å². The standard InChI is InChI=1S/C15H14Cl2N2O2/c16-14(17)15(9-18,11-7-4-8-12(11)20)19-13(21)10-5-2-1-3-6-10/h1-3,5-6,11,14H,4,7-8H2,(H,19,21). The Hall–Kier alpha value is -1.57. The minimum absolute atomic E-state index is 0.0868. The predicted molar refractivity (Wildman–Crippen MR) is 80.1 cm³/mol. The Bertz CT molecular complexity index is 583. The molecule has 1 aromatic rings. The van der Waals surface area contributed by atoms with Crippen LogP contribution in [0.25, 0.3) is 0 Å². The molecule has 2 unspecified atom stereocenters. The predicted octanol–water partition coefficient (Wildman–Crippen LogP) is 2.85. The highest BCUT2D eigenvalue weighted by Crippen LogP contribution is 2.37. The minimum atomic E-state index is -1.59. The molecule has 1 aromatic carbocycles. The zero-order chi connectivity index (χ0) is 15.5. The number of halogens is 2. The van der Waals surface area contributed by atoms with Crippen LogP contribution in [0.15, 0.2) is 30.3 Å². The number of amides is 1. The van der Waals surface area contributed by atoms with Crippen molar-refractivity contribution < 1.29 is 9.59 Å². The summed E-state index contributed by atoms with van der Waals surface area (Å²) >= 11 is 11.9. The van der Waals surface area contributed by atoms with Crippen LogP contribution in [-0.4, -0.2) is 22.1 Å². The number of Topliss-reactive ketones (excluding diaryl/α,β-unsaturated/α-hetero) is 1. The van der Waals surface area contributed by atoms with Gasteiger partial charge < -0.3 is 5.32 Å². The van der Waals surface area contributed by atoms with Crippen molar-refractivity contribution in [1.82, 2.24) is 5.32 Å². The molecule has 1 amide bonds. The summed E-state index contributed by atoms with van der Waals surface area (Å²) in [4.78, 5) is 23.1. The average Bonchev–Trinajstić information content (AvgIpc) is 2.92. The highest BCUT2D eigenvalue weighted by molar-refractivity contribution is 6.45. The second-order valence-electron chi connectivity index (χ2n) is 5.01. The van der Waals surface area contributed by atoms with Crippen LogP contribution in [0.2, 0.25) is 0 Å². The number of hydrogen-bond donors (Lipinski definition) is 1. The fourth-order valence-corrected chi connectivity index (χ4v) is 3.11. The van der Waals surface area contributed by atoms with Crippen LogP contribution in [0.1, 0.15) is 29.6 Å². The summed E-state index contributed by atoms with van der Waals surface area (Å²) in [6.07, 6.45) is 1.56. The molecular weight excluding hydrogens is 311 g/mol. The molecule has 4 nitrogen and oxygen atoms in total. The summed E-state index contributed by atoms with van der Waals surface area (Å²) in [5.41, 5.74) is -1.21. The van der Waals surface area contributed by atoms with Crippen molar-refractivity contribution in [3.05, 3.63) is 35.9 Å². The summed E-state index contributed by atoms with van der Waals surface area (Å²) in [5.74, 6) is -1.23. The zero-order valence-corrected chi connectivity index (χ0v) is 12.7. The maximum Gasteiger partial charge on any atom is 0.252 e. The van der Waals surface area contributed by atoms with Crippen LogP contribution in [0.5, 0.6) is 0 Å². The smallest absolute Gasteiger partial charge is 0.252 e. The Labute approximate surface area is 133 Å². The maximum atomic E-state index is 12.3. The number of alkyl halides is 2.